The number of tetrazole rings is 1. The number of halogens is 2. The number of benzene rings is 2. The van der Waals surface area contributed by atoms with Crippen molar-refractivity contribution in [3.63, 3.8) is 0 Å². The van der Waals surface area contributed by atoms with Crippen LogP contribution in [0.15, 0.2) is 66.0 Å². The van der Waals surface area contributed by atoms with Gasteiger partial charge in [-0.25, -0.2) is 13.5 Å². The summed E-state index contributed by atoms with van der Waals surface area (Å²) in [5.74, 6) is 0.218. The molecule has 164 valence electrons. The largest absolute Gasteiger partial charge is 0.367 e. The van der Waals surface area contributed by atoms with Gasteiger partial charge in [0.25, 0.3) is 0 Å². The number of rotatable bonds is 6. The number of aromatic nitrogens is 4. The molecule has 0 saturated carbocycles. The lowest BCUT2D eigenvalue weighted by molar-refractivity contribution is 0.201. The van der Waals surface area contributed by atoms with Crippen LogP contribution in [-0.4, -0.2) is 51.3 Å². The van der Waals surface area contributed by atoms with E-state index < -0.39 is 0 Å². The second-order valence-corrected chi connectivity index (χ2v) is 8.73. The summed E-state index contributed by atoms with van der Waals surface area (Å²) < 4.78 is 29.7. The lowest BCUT2D eigenvalue weighted by Crippen LogP contribution is -2.48. The molecule has 6 nitrogen and oxygen atoms in total. The molecule has 1 fully saturated rings. The summed E-state index contributed by atoms with van der Waals surface area (Å²) in [5, 5.41) is 14.6. The van der Waals surface area contributed by atoms with Crippen LogP contribution in [0.5, 0.6) is 0 Å². The monoisotopic (exact) mass is 452 g/mol. The fraction of sp³-hybridized carbons (Fsp3) is 0.261. The summed E-state index contributed by atoms with van der Waals surface area (Å²) in [6.45, 7) is 3.31. The van der Waals surface area contributed by atoms with E-state index in [0.717, 1.165) is 10.4 Å². The molecule has 1 aliphatic heterocycles. The van der Waals surface area contributed by atoms with Crippen molar-refractivity contribution in [3.8, 4) is 0 Å². The Labute approximate surface area is 188 Å². The highest BCUT2D eigenvalue weighted by Gasteiger charge is 2.31. The number of hydrogen-bond donors (Lipinski definition) is 0. The average molecular weight is 453 g/mol. The van der Waals surface area contributed by atoms with Crippen LogP contribution in [0.1, 0.15) is 22.3 Å². The van der Waals surface area contributed by atoms with Gasteiger partial charge in [0.05, 0.1) is 18.3 Å². The van der Waals surface area contributed by atoms with Gasteiger partial charge in [0.15, 0.2) is 5.82 Å². The van der Waals surface area contributed by atoms with Crippen molar-refractivity contribution < 1.29 is 8.78 Å². The molecule has 0 amide bonds. The van der Waals surface area contributed by atoms with Gasteiger partial charge in [-0.15, -0.1) is 16.4 Å². The number of thiophene rings is 1. The minimum atomic E-state index is -0.282. The summed E-state index contributed by atoms with van der Waals surface area (Å²) in [7, 11) is 0. The van der Waals surface area contributed by atoms with Gasteiger partial charge in [0, 0.05) is 31.1 Å². The van der Waals surface area contributed by atoms with Crippen LogP contribution >= 0.6 is 11.3 Å². The molecule has 0 bridgehead atoms. The fourth-order valence-electron chi connectivity index (χ4n) is 4.17. The standard InChI is InChI=1S/C23H22F2N6S/c24-18-9-7-17(8-10-18)22(23-26-27-28-31(23)16-19-4-3-15-32-19)30-13-11-29(12-14-30)21-6-2-1-5-20(21)25/h1-10,15,22H,11-14,16H2. The van der Waals surface area contributed by atoms with Gasteiger partial charge in [0.2, 0.25) is 0 Å². The van der Waals surface area contributed by atoms with E-state index in [1.165, 1.54) is 18.2 Å². The van der Waals surface area contributed by atoms with Crippen LogP contribution in [0.3, 0.4) is 0 Å². The van der Waals surface area contributed by atoms with Crippen LogP contribution in [0.4, 0.5) is 14.5 Å². The quantitative estimate of drug-likeness (QED) is 0.443. The van der Waals surface area contributed by atoms with E-state index in [-0.39, 0.29) is 17.7 Å². The Morgan fingerprint density at radius 3 is 2.41 bits per heavy atom. The minimum absolute atomic E-state index is 0.212. The Morgan fingerprint density at radius 1 is 0.906 bits per heavy atom. The molecule has 0 N–H and O–H groups in total. The third-order valence-corrected chi connectivity index (χ3v) is 6.61. The van der Waals surface area contributed by atoms with E-state index in [9.17, 15) is 8.78 Å². The van der Waals surface area contributed by atoms with Crippen LogP contribution in [0.2, 0.25) is 0 Å². The van der Waals surface area contributed by atoms with Crippen molar-refractivity contribution in [2.75, 3.05) is 31.1 Å². The van der Waals surface area contributed by atoms with Crippen molar-refractivity contribution in [1.29, 1.82) is 0 Å². The third-order valence-electron chi connectivity index (χ3n) is 5.75. The maximum atomic E-state index is 14.3. The Kier molecular flexibility index (Phi) is 5.91. The van der Waals surface area contributed by atoms with Gasteiger partial charge in [-0.2, -0.15) is 0 Å². The maximum absolute atomic E-state index is 14.3. The summed E-state index contributed by atoms with van der Waals surface area (Å²) in [6, 6.07) is 17.2. The highest BCUT2D eigenvalue weighted by molar-refractivity contribution is 7.09. The Balaban J connectivity index is 1.43. The predicted octanol–water partition coefficient (Wildman–Crippen LogP) is 3.97. The van der Waals surface area contributed by atoms with E-state index >= 15 is 0 Å². The molecule has 9 heteroatoms. The molecule has 3 heterocycles. The van der Waals surface area contributed by atoms with Crippen molar-refractivity contribution >= 4 is 17.0 Å². The second-order valence-electron chi connectivity index (χ2n) is 7.70. The van der Waals surface area contributed by atoms with Gasteiger partial charge < -0.3 is 4.90 Å². The van der Waals surface area contributed by atoms with Gasteiger partial charge in [-0.05, 0) is 51.7 Å². The highest BCUT2D eigenvalue weighted by atomic mass is 32.1. The second kappa shape index (κ2) is 9.13. The van der Waals surface area contributed by atoms with Gasteiger partial charge >= 0.3 is 0 Å². The first-order valence-electron chi connectivity index (χ1n) is 10.5. The molecular weight excluding hydrogens is 430 g/mol. The van der Waals surface area contributed by atoms with E-state index in [2.05, 4.69) is 31.4 Å². The van der Waals surface area contributed by atoms with E-state index in [1.54, 1.807) is 29.5 Å². The Morgan fingerprint density at radius 2 is 1.69 bits per heavy atom. The molecule has 4 aromatic rings. The first kappa shape index (κ1) is 20.7. The van der Waals surface area contributed by atoms with Crippen LogP contribution in [0, 0.1) is 11.6 Å². The molecule has 32 heavy (non-hydrogen) atoms. The molecule has 1 saturated heterocycles. The van der Waals surface area contributed by atoms with Crippen molar-refractivity contribution in [1.82, 2.24) is 25.1 Å². The van der Waals surface area contributed by atoms with Crippen molar-refractivity contribution in [2.45, 2.75) is 12.6 Å². The Bertz CT molecular complexity index is 1150. The van der Waals surface area contributed by atoms with Gasteiger partial charge in [0.1, 0.15) is 11.6 Å². The predicted molar refractivity (Wildman–Crippen MR) is 120 cm³/mol. The molecule has 0 spiro atoms. The van der Waals surface area contributed by atoms with Gasteiger partial charge in [-0.3, -0.25) is 4.90 Å². The highest BCUT2D eigenvalue weighted by Crippen LogP contribution is 2.30. The normalized spacial score (nSPS) is 15.8. The molecule has 1 aliphatic rings. The zero-order valence-corrected chi connectivity index (χ0v) is 18.1. The maximum Gasteiger partial charge on any atom is 0.173 e. The molecule has 0 aliphatic carbocycles. The molecule has 5 rings (SSSR count). The fourth-order valence-corrected chi connectivity index (χ4v) is 4.85. The average Bonchev–Trinajstić information content (AvgIpc) is 3.49. The number of nitrogens with zero attached hydrogens (tertiary/aromatic N) is 6. The molecule has 0 radical (unpaired) electrons. The SMILES string of the molecule is Fc1ccc(C(c2nnnn2Cc2cccs2)N2CCN(c3ccccc3F)CC2)cc1. The minimum Gasteiger partial charge on any atom is -0.367 e. The zero-order chi connectivity index (χ0) is 21.9. The topological polar surface area (TPSA) is 50.1 Å². The van der Waals surface area contributed by atoms with Gasteiger partial charge in [-0.1, -0.05) is 30.3 Å². The molecule has 1 unspecified atom stereocenters. The first-order chi connectivity index (χ1) is 15.7. The zero-order valence-electron chi connectivity index (χ0n) is 17.3. The smallest absolute Gasteiger partial charge is 0.173 e. The van der Waals surface area contributed by atoms with Crippen LogP contribution in [0.25, 0.3) is 0 Å². The number of para-hydroxylation sites is 1. The summed E-state index contributed by atoms with van der Waals surface area (Å²) in [4.78, 5) is 5.49. The number of anilines is 1. The molecule has 2 aromatic heterocycles. The number of piperazine rings is 1. The van der Waals surface area contributed by atoms with E-state index in [1.807, 2.05) is 28.3 Å². The van der Waals surface area contributed by atoms with Crippen molar-refractivity contribution in [3.05, 3.63) is 93.9 Å². The molecular formula is C23H22F2N6S. The third kappa shape index (κ3) is 4.26. The lowest BCUT2D eigenvalue weighted by atomic mass is 10.0. The van der Waals surface area contributed by atoms with Crippen molar-refractivity contribution in [2.24, 2.45) is 0 Å². The number of hydrogen-bond acceptors (Lipinski definition) is 6. The summed E-state index contributed by atoms with van der Waals surface area (Å²) in [6.07, 6.45) is 0. The van der Waals surface area contributed by atoms with E-state index in [0.29, 0.717) is 44.2 Å². The van der Waals surface area contributed by atoms with Crippen LogP contribution in [-0.2, 0) is 6.54 Å². The van der Waals surface area contributed by atoms with E-state index in [4.69, 9.17) is 0 Å². The summed E-state index contributed by atoms with van der Waals surface area (Å²) in [5.41, 5.74) is 1.54. The lowest BCUT2D eigenvalue weighted by Gasteiger charge is -2.40. The molecule has 2 aromatic carbocycles. The Hall–Kier alpha value is -3.17. The van der Waals surface area contributed by atoms with Crippen LogP contribution < -0.4 is 4.90 Å². The summed E-state index contributed by atoms with van der Waals surface area (Å²) >= 11 is 1.65. The first-order valence-corrected chi connectivity index (χ1v) is 11.3. The molecule has 1 atom stereocenters.